The topological polar surface area (TPSA) is 66.5 Å². The molecule has 6 heteroatoms. The van der Waals surface area contributed by atoms with Crippen LogP contribution in [0.5, 0.6) is 0 Å². The second-order valence-corrected chi connectivity index (χ2v) is 9.46. The first-order chi connectivity index (χ1) is 13.2. The van der Waals surface area contributed by atoms with E-state index in [4.69, 9.17) is 0 Å². The molecule has 5 nitrogen and oxygen atoms in total. The molecule has 0 bridgehead atoms. The Morgan fingerprint density at radius 3 is 2.32 bits per heavy atom. The lowest BCUT2D eigenvalue weighted by Gasteiger charge is -2.23. The van der Waals surface area contributed by atoms with Gasteiger partial charge in [-0.1, -0.05) is 18.2 Å². The summed E-state index contributed by atoms with van der Waals surface area (Å²) in [5.74, 6) is 0.305. The van der Waals surface area contributed by atoms with Crippen molar-refractivity contribution >= 4 is 27.3 Å². The van der Waals surface area contributed by atoms with Gasteiger partial charge in [-0.15, -0.1) is 0 Å². The van der Waals surface area contributed by atoms with Gasteiger partial charge in [0.25, 0.3) is 0 Å². The van der Waals surface area contributed by atoms with Gasteiger partial charge in [0.2, 0.25) is 15.9 Å². The molecule has 1 aliphatic carbocycles. The molecule has 150 valence electrons. The van der Waals surface area contributed by atoms with Crippen molar-refractivity contribution < 1.29 is 13.2 Å². The molecule has 0 radical (unpaired) electrons. The van der Waals surface area contributed by atoms with E-state index in [1.54, 1.807) is 12.1 Å². The van der Waals surface area contributed by atoms with Crippen molar-refractivity contribution in [3.63, 3.8) is 0 Å². The average Bonchev–Trinajstić information content (AvgIpc) is 3.46. The van der Waals surface area contributed by atoms with Gasteiger partial charge in [-0.2, -0.15) is 0 Å². The fraction of sp³-hybridized carbons (Fsp3) is 0.409. The summed E-state index contributed by atoms with van der Waals surface area (Å²) in [6, 6.07) is 13.5. The first kappa shape index (κ1) is 20.4. The second kappa shape index (κ2) is 8.35. The SMILES string of the molecule is Cc1ccc(CCCN(C(=O)C2CC2)c2ccc(NS(C)(=O)=O)cc2)cc1C. The van der Waals surface area contributed by atoms with E-state index in [0.29, 0.717) is 12.2 Å². The van der Waals surface area contributed by atoms with Gasteiger partial charge in [0, 0.05) is 23.8 Å². The highest BCUT2D eigenvalue weighted by atomic mass is 32.2. The van der Waals surface area contributed by atoms with Gasteiger partial charge in [-0.3, -0.25) is 9.52 Å². The molecule has 0 saturated heterocycles. The molecule has 3 rings (SSSR count). The molecule has 0 spiro atoms. The number of aryl methyl sites for hydroxylation is 3. The zero-order chi connectivity index (χ0) is 20.3. The minimum absolute atomic E-state index is 0.135. The van der Waals surface area contributed by atoms with E-state index >= 15 is 0 Å². The largest absolute Gasteiger partial charge is 0.312 e. The van der Waals surface area contributed by atoms with Crippen LogP contribution in [0.2, 0.25) is 0 Å². The monoisotopic (exact) mass is 400 g/mol. The molecule has 28 heavy (non-hydrogen) atoms. The van der Waals surface area contributed by atoms with E-state index in [-0.39, 0.29) is 11.8 Å². The lowest BCUT2D eigenvalue weighted by molar-refractivity contribution is -0.119. The maximum atomic E-state index is 12.8. The maximum Gasteiger partial charge on any atom is 0.230 e. The average molecular weight is 401 g/mol. The van der Waals surface area contributed by atoms with E-state index < -0.39 is 10.0 Å². The van der Waals surface area contributed by atoms with Crippen LogP contribution in [-0.4, -0.2) is 27.1 Å². The number of rotatable bonds is 8. The van der Waals surface area contributed by atoms with Crippen molar-refractivity contribution in [2.45, 2.75) is 39.5 Å². The second-order valence-electron chi connectivity index (χ2n) is 7.71. The van der Waals surface area contributed by atoms with Crippen LogP contribution in [0.4, 0.5) is 11.4 Å². The molecule has 0 heterocycles. The predicted octanol–water partition coefficient (Wildman–Crippen LogP) is 4.05. The lowest BCUT2D eigenvalue weighted by Crippen LogP contribution is -2.33. The summed E-state index contributed by atoms with van der Waals surface area (Å²) < 4.78 is 25.2. The highest BCUT2D eigenvalue weighted by Gasteiger charge is 2.33. The summed E-state index contributed by atoms with van der Waals surface area (Å²) in [5, 5.41) is 0. The molecule has 1 N–H and O–H groups in total. The first-order valence-electron chi connectivity index (χ1n) is 9.68. The van der Waals surface area contributed by atoms with Crippen molar-refractivity contribution in [1.82, 2.24) is 0 Å². The summed E-state index contributed by atoms with van der Waals surface area (Å²) in [5.41, 5.74) is 5.18. The van der Waals surface area contributed by atoms with Crippen LogP contribution in [-0.2, 0) is 21.2 Å². The van der Waals surface area contributed by atoms with Crippen molar-refractivity contribution in [1.29, 1.82) is 0 Å². The number of carbonyl (C=O) groups is 1. The fourth-order valence-corrected chi connectivity index (χ4v) is 3.81. The predicted molar refractivity (Wildman–Crippen MR) is 114 cm³/mol. The number of anilines is 2. The molecular formula is C22H28N2O3S. The van der Waals surface area contributed by atoms with Crippen LogP contribution in [0.3, 0.4) is 0 Å². The van der Waals surface area contributed by atoms with Crippen LogP contribution in [0.1, 0.15) is 36.0 Å². The third-order valence-electron chi connectivity index (χ3n) is 5.09. The Balaban J connectivity index is 1.68. The van der Waals surface area contributed by atoms with Gasteiger partial charge in [-0.25, -0.2) is 8.42 Å². The Bertz CT molecular complexity index is 948. The highest BCUT2D eigenvalue weighted by molar-refractivity contribution is 7.92. The maximum absolute atomic E-state index is 12.8. The normalized spacial score (nSPS) is 14.0. The molecule has 1 fully saturated rings. The number of benzene rings is 2. The smallest absolute Gasteiger partial charge is 0.230 e. The van der Waals surface area contributed by atoms with E-state index in [0.717, 1.165) is 37.6 Å². The number of hydrogen-bond acceptors (Lipinski definition) is 3. The summed E-state index contributed by atoms with van der Waals surface area (Å²) >= 11 is 0. The van der Waals surface area contributed by atoms with Crippen LogP contribution in [0.25, 0.3) is 0 Å². The zero-order valence-electron chi connectivity index (χ0n) is 16.7. The number of carbonyl (C=O) groups excluding carboxylic acids is 1. The van der Waals surface area contributed by atoms with Gasteiger partial charge < -0.3 is 4.90 Å². The molecule has 1 amide bonds. The van der Waals surface area contributed by atoms with Crippen molar-refractivity contribution in [2.24, 2.45) is 5.92 Å². The summed E-state index contributed by atoms with van der Waals surface area (Å²) in [4.78, 5) is 14.6. The summed E-state index contributed by atoms with van der Waals surface area (Å²) in [7, 11) is -3.31. The van der Waals surface area contributed by atoms with Crippen molar-refractivity contribution in [2.75, 3.05) is 22.4 Å². The molecule has 0 unspecified atom stereocenters. The van der Waals surface area contributed by atoms with Gasteiger partial charge in [0.15, 0.2) is 0 Å². The number of amides is 1. The molecular weight excluding hydrogens is 372 g/mol. The zero-order valence-corrected chi connectivity index (χ0v) is 17.6. The summed E-state index contributed by atoms with van der Waals surface area (Å²) in [6.07, 6.45) is 4.84. The Kier molecular flexibility index (Phi) is 6.08. The van der Waals surface area contributed by atoms with Crippen molar-refractivity contribution in [3.8, 4) is 0 Å². The molecule has 2 aromatic rings. The third-order valence-corrected chi connectivity index (χ3v) is 5.70. The molecule has 1 saturated carbocycles. The third kappa shape index (κ3) is 5.58. The van der Waals surface area contributed by atoms with Crippen LogP contribution in [0.15, 0.2) is 42.5 Å². The number of nitrogens with one attached hydrogen (secondary N) is 1. The Labute approximate surface area is 167 Å². The van der Waals surface area contributed by atoms with Crippen LogP contribution in [0, 0.1) is 19.8 Å². The molecule has 0 aromatic heterocycles. The molecule has 0 aliphatic heterocycles. The quantitative estimate of drug-likeness (QED) is 0.727. The minimum atomic E-state index is -3.31. The van der Waals surface area contributed by atoms with Gasteiger partial charge in [0.1, 0.15) is 0 Å². The molecule has 0 atom stereocenters. The van der Waals surface area contributed by atoms with Gasteiger partial charge in [-0.05, 0) is 80.5 Å². The number of nitrogens with zero attached hydrogens (tertiary/aromatic N) is 1. The Hall–Kier alpha value is -2.34. The van der Waals surface area contributed by atoms with Gasteiger partial charge >= 0.3 is 0 Å². The first-order valence-corrected chi connectivity index (χ1v) is 11.6. The van der Waals surface area contributed by atoms with Crippen LogP contribution >= 0.6 is 0 Å². The summed E-state index contributed by atoms with van der Waals surface area (Å²) in [6.45, 7) is 4.88. The molecule has 1 aliphatic rings. The van der Waals surface area contributed by atoms with E-state index in [9.17, 15) is 13.2 Å². The van der Waals surface area contributed by atoms with E-state index in [1.165, 1.54) is 16.7 Å². The number of hydrogen-bond donors (Lipinski definition) is 1. The number of sulfonamides is 1. The lowest BCUT2D eigenvalue weighted by atomic mass is 10.0. The van der Waals surface area contributed by atoms with Crippen molar-refractivity contribution in [3.05, 3.63) is 59.2 Å². The van der Waals surface area contributed by atoms with Gasteiger partial charge in [0.05, 0.1) is 6.26 Å². The van der Waals surface area contributed by atoms with E-state index in [1.807, 2.05) is 17.0 Å². The fourth-order valence-electron chi connectivity index (χ4n) is 3.24. The van der Waals surface area contributed by atoms with E-state index in [2.05, 4.69) is 36.8 Å². The standard InChI is InChI=1S/C22H28N2O3S/c1-16-6-7-18(15-17(16)2)5-4-14-24(22(25)19-8-9-19)21-12-10-20(11-13-21)23-28(3,26)27/h6-7,10-13,15,19,23H,4-5,8-9,14H2,1-3H3. The minimum Gasteiger partial charge on any atom is -0.312 e. The van der Waals surface area contributed by atoms with Crippen LogP contribution < -0.4 is 9.62 Å². The Morgan fingerprint density at radius 2 is 1.75 bits per heavy atom. The Morgan fingerprint density at radius 1 is 1.07 bits per heavy atom. The molecule has 2 aromatic carbocycles. The highest BCUT2D eigenvalue weighted by Crippen LogP contribution is 2.33.